The molecule has 12 heteroatoms. The van der Waals surface area contributed by atoms with Crippen molar-refractivity contribution in [2.75, 3.05) is 18.4 Å². The fraction of sp³-hybridized carbons (Fsp3) is 0.222. The molecule has 0 radical (unpaired) electrons. The van der Waals surface area contributed by atoms with E-state index < -0.39 is 11.7 Å². The van der Waals surface area contributed by atoms with Crippen molar-refractivity contribution in [1.82, 2.24) is 25.1 Å². The number of carbonyl (C=O) groups excluding carboxylic acids is 1. The summed E-state index contributed by atoms with van der Waals surface area (Å²) < 4.78 is 40.6. The highest BCUT2D eigenvalue weighted by atomic mass is 35.5. The summed E-state index contributed by atoms with van der Waals surface area (Å²) in [6.45, 7) is 0.0471. The zero-order valence-corrected chi connectivity index (χ0v) is 16.9. The molecule has 30 heavy (non-hydrogen) atoms. The minimum atomic E-state index is -4.52. The van der Waals surface area contributed by atoms with E-state index in [1.54, 1.807) is 24.3 Å². The molecule has 3 rings (SSSR count). The van der Waals surface area contributed by atoms with Crippen molar-refractivity contribution >= 4 is 35.5 Å². The summed E-state index contributed by atoms with van der Waals surface area (Å²) >= 11 is 11.1. The molecule has 2 aromatic heterocycles. The molecule has 0 saturated carbocycles. The maximum absolute atomic E-state index is 13.0. The maximum atomic E-state index is 13.0. The number of alkyl halides is 3. The summed E-state index contributed by atoms with van der Waals surface area (Å²) in [6.07, 6.45) is -3.26. The Balaban J connectivity index is 1.57. The van der Waals surface area contributed by atoms with Crippen LogP contribution in [-0.2, 0) is 17.5 Å². The Labute approximate surface area is 179 Å². The van der Waals surface area contributed by atoms with Gasteiger partial charge in [0.05, 0.1) is 5.56 Å². The van der Waals surface area contributed by atoms with Gasteiger partial charge in [-0.25, -0.2) is 4.98 Å². The number of aromatic nitrogens is 4. The second-order valence-corrected chi connectivity index (χ2v) is 6.94. The normalized spacial score (nSPS) is 11.3. The maximum Gasteiger partial charge on any atom is 0.419 e. The predicted molar refractivity (Wildman–Crippen MR) is 109 cm³/mol. The van der Waals surface area contributed by atoms with E-state index in [2.05, 4.69) is 25.8 Å². The van der Waals surface area contributed by atoms with Crippen LogP contribution in [0.4, 0.5) is 19.0 Å². The first kappa shape index (κ1) is 21.8. The number of hydrogen-bond donors (Lipinski definition) is 3. The number of H-pyrrole nitrogens is 1. The number of carbonyl (C=O) groups is 1. The van der Waals surface area contributed by atoms with Gasteiger partial charge < -0.3 is 10.6 Å². The lowest BCUT2D eigenvalue weighted by atomic mass is 10.2. The van der Waals surface area contributed by atoms with Crippen LogP contribution in [0.2, 0.25) is 5.02 Å². The second kappa shape index (κ2) is 9.26. The largest absolute Gasteiger partial charge is 0.419 e. The average Bonchev–Trinajstić information content (AvgIpc) is 3.06. The molecule has 0 bridgehead atoms. The van der Waals surface area contributed by atoms with Crippen LogP contribution >= 0.6 is 23.8 Å². The molecule has 0 aliphatic heterocycles. The minimum absolute atomic E-state index is 0.0622. The quantitative estimate of drug-likeness (QED) is 0.371. The van der Waals surface area contributed by atoms with Crippen LogP contribution in [0.1, 0.15) is 5.56 Å². The van der Waals surface area contributed by atoms with Crippen molar-refractivity contribution in [3.05, 3.63) is 58.0 Å². The van der Waals surface area contributed by atoms with Gasteiger partial charge in [-0.2, -0.15) is 18.3 Å². The van der Waals surface area contributed by atoms with E-state index in [1.807, 2.05) is 0 Å². The van der Waals surface area contributed by atoms with Gasteiger partial charge in [0.2, 0.25) is 5.91 Å². The third-order valence-electron chi connectivity index (χ3n) is 4.02. The van der Waals surface area contributed by atoms with E-state index in [0.717, 1.165) is 11.6 Å². The molecule has 0 spiro atoms. The molecule has 0 aliphatic rings. The number of nitrogens with one attached hydrogen (secondary N) is 3. The van der Waals surface area contributed by atoms with Crippen molar-refractivity contribution < 1.29 is 18.0 Å². The molecule has 3 N–H and O–H groups in total. The summed E-state index contributed by atoms with van der Waals surface area (Å²) in [5, 5.41) is 12.5. The van der Waals surface area contributed by atoms with Gasteiger partial charge in [0.25, 0.3) is 0 Å². The van der Waals surface area contributed by atoms with E-state index in [1.165, 1.54) is 16.8 Å². The van der Waals surface area contributed by atoms with E-state index in [-0.39, 0.29) is 36.1 Å². The van der Waals surface area contributed by atoms with Crippen LogP contribution in [0.15, 0.2) is 42.6 Å². The number of aromatic amines is 1. The molecule has 1 amide bonds. The Bertz CT molecular complexity index is 1080. The minimum Gasteiger partial charge on any atom is -0.368 e. The SMILES string of the molecule is O=C(Cn1c(-c2ccc(Cl)cc2)n[nH]c1=S)NCCNc1ncccc1C(F)(F)F. The summed E-state index contributed by atoms with van der Waals surface area (Å²) in [5.74, 6) is -0.198. The van der Waals surface area contributed by atoms with Gasteiger partial charge in [0, 0.05) is 29.9 Å². The third kappa shape index (κ3) is 5.36. The average molecular weight is 457 g/mol. The van der Waals surface area contributed by atoms with Crippen LogP contribution in [-0.4, -0.2) is 38.7 Å². The molecular formula is C18H16ClF3N6OS. The van der Waals surface area contributed by atoms with Crippen LogP contribution in [0.3, 0.4) is 0 Å². The lowest BCUT2D eigenvalue weighted by Gasteiger charge is -2.13. The number of rotatable bonds is 7. The lowest BCUT2D eigenvalue weighted by molar-refractivity contribution is -0.137. The Morgan fingerprint density at radius 1 is 1.20 bits per heavy atom. The van der Waals surface area contributed by atoms with Gasteiger partial charge in [-0.15, -0.1) is 0 Å². The Kier molecular flexibility index (Phi) is 6.73. The van der Waals surface area contributed by atoms with Crippen LogP contribution in [0.5, 0.6) is 0 Å². The van der Waals surface area contributed by atoms with Gasteiger partial charge >= 0.3 is 6.18 Å². The topological polar surface area (TPSA) is 87.6 Å². The Morgan fingerprint density at radius 3 is 2.63 bits per heavy atom. The fourth-order valence-electron chi connectivity index (χ4n) is 2.64. The summed E-state index contributed by atoms with van der Waals surface area (Å²) in [4.78, 5) is 16.0. The molecule has 0 atom stereocenters. The summed E-state index contributed by atoms with van der Waals surface area (Å²) in [6, 6.07) is 9.03. The zero-order chi connectivity index (χ0) is 21.7. The number of nitrogens with zero attached hydrogens (tertiary/aromatic N) is 3. The van der Waals surface area contributed by atoms with Gasteiger partial charge in [-0.1, -0.05) is 11.6 Å². The Hall–Kier alpha value is -2.92. The molecule has 3 aromatic rings. The monoisotopic (exact) mass is 456 g/mol. The number of anilines is 1. The highest BCUT2D eigenvalue weighted by molar-refractivity contribution is 7.71. The number of hydrogen-bond acceptors (Lipinski definition) is 5. The smallest absolute Gasteiger partial charge is 0.368 e. The van der Waals surface area contributed by atoms with Crippen LogP contribution < -0.4 is 10.6 Å². The second-order valence-electron chi connectivity index (χ2n) is 6.12. The van der Waals surface area contributed by atoms with Gasteiger partial charge in [-0.3, -0.25) is 14.5 Å². The van der Waals surface area contributed by atoms with Crippen molar-refractivity contribution in [3.63, 3.8) is 0 Å². The third-order valence-corrected chi connectivity index (χ3v) is 4.58. The number of amides is 1. The molecule has 1 aromatic carbocycles. The molecule has 7 nitrogen and oxygen atoms in total. The molecular weight excluding hydrogens is 441 g/mol. The number of benzene rings is 1. The zero-order valence-electron chi connectivity index (χ0n) is 15.3. The summed E-state index contributed by atoms with van der Waals surface area (Å²) in [5.41, 5.74) is -0.148. The van der Waals surface area contributed by atoms with Crippen molar-refractivity contribution in [2.45, 2.75) is 12.7 Å². The first-order valence-electron chi connectivity index (χ1n) is 8.69. The fourth-order valence-corrected chi connectivity index (χ4v) is 2.96. The van der Waals surface area contributed by atoms with E-state index >= 15 is 0 Å². The molecule has 0 fully saturated rings. The highest BCUT2D eigenvalue weighted by Gasteiger charge is 2.33. The first-order valence-corrected chi connectivity index (χ1v) is 9.48. The highest BCUT2D eigenvalue weighted by Crippen LogP contribution is 2.33. The van der Waals surface area contributed by atoms with Gasteiger partial charge in [0.1, 0.15) is 12.4 Å². The Morgan fingerprint density at radius 2 is 1.93 bits per heavy atom. The van der Waals surface area contributed by atoms with Crippen molar-refractivity contribution in [1.29, 1.82) is 0 Å². The molecule has 0 saturated heterocycles. The lowest BCUT2D eigenvalue weighted by Crippen LogP contribution is -2.32. The predicted octanol–water partition coefficient (Wildman–Crippen LogP) is 3.90. The van der Waals surface area contributed by atoms with Crippen LogP contribution in [0, 0.1) is 4.77 Å². The van der Waals surface area contributed by atoms with E-state index in [4.69, 9.17) is 23.8 Å². The van der Waals surface area contributed by atoms with Gasteiger partial charge in [0.15, 0.2) is 10.6 Å². The van der Waals surface area contributed by atoms with E-state index in [9.17, 15) is 18.0 Å². The standard InChI is InChI=1S/C18H16ClF3N6OS/c19-12-5-3-11(4-6-12)16-26-27-17(30)28(16)10-14(29)23-8-9-25-15-13(18(20,21)22)2-1-7-24-15/h1-7H,8-10H2,(H,23,29)(H,24,25)(H,27,30). The summed E-state index contributed by atoms with van der Waals surface area (Å²) in [7, 11) is 0. The van der Waals surface area contributed by atoms with Crippen LogP contribution in [0.25, 0.3) is 11.4 Å². The van der Waals surface area contributed by atoms with Crippen molar-refractivity contribution in [2.24, 2.45) is 0 Å². The first-order chi connectivity index (χ1) is 14.3. The molecule has 0 aliphatic carbocycles. The molecule has 158 valence electrons. The van der Waals surface area contributed by atoms with E-state index in [0.29, 0.717) is 10.8 Å². The number of pyridine rings is 1. The molecule has 0 unspecified atom stereocenters. The number of halogens is 4. The van der Waals surface area contributed by atoms with Crippen molar-refractivity contribution in [3.8, 4) is 11.4 Å². The molecule has 2 heterocycles. The van der Waals surface area contributed by atoms with Gasteiger partial charge in [-0.05, 0) is 48.6 Å².